The molecule has 0 bridgehead atoms. The van der Waals surface area contributed by atoms with Crippen molar-refractivity contribution in [2.45, 2.75) is 32.2 Å². The average Bonchev–Trinajstić information content (AvgIpc) is 2.44. The van der Waals surface area contributed by atoms with Gasteiger partial charge in [0, 0.05) is 6.04 Å². The van der Waals surface area contributed by atoms with Crippen LogP contribution in [-0.4, -0.2) is 45.2 Å². The van der Waals surface area contributed by atoms with Gasteiger partial charge in [-0.25, -0.2) is 0 Å². The number of nitrogens with zero attached hydrogens (tertiary/aromatic N) is 1. The van der Waals surface area contributed by atoms with E-state index in [4.69, 9.17) is 4.74 Å². The summed E-state index contributed by atoms with van der Waals surface area (Å²) in [5.41, 5.74) is 1.29. The lowest BCUT2D eigenvalue weighted by Crippen LogP contribution is -2.32. The number of nitrogens with one attached hydrogen (secondary N) is 1. The van der Waals surface area contributed by atoms with Gasteiger partial charge in [0.1, 0.15) is 5.75 Å². The summed E-state index contributed by atoms with van der Waals surface area (Å²) in [5.74, 6) is 0.998. The van der Waals surface area contributed by atoms with Crippen LogP contribution in [0.4, 0.5) is 0 Å². The van der Waals surface area contributed by atoms with Crippen LogP contribution in [0.5, 0.6) is 5.75 Å². The second-order valence-electron chi connectivity index (χ2n) is 5.16. The van der Waals surface area contributed by atoms with Gasteiger partial charge in [-0.2, -0.15) is 0 Å². The maximum absolute atomic E-state index is 5.41. The second-order valence-corrected chi connectivity index (χ2v) is 5.16. The lowest BCUT2D eigenvalue weighted by molar-refractivity contribution is 0.249. The zero-order valence-electron chi connectivity index (χ0n) is 12.8. The molecule has 0 heterocycles. The van der Waals surface area contributed by atoms with Crippen molar-refractivity contribution < 1.29 is 4.74 Å². The summed E-state index contributed by atoms with van der Waals surface area (Å²) in [6, 6.07) is 8.83. The van der Waals surface area contributed by atoms with E-state index in [9.17, 15) is 0 Å². The predicted molar refractivity (Wildman–Crippen MR) is 82.0 cm³/mol. The molecule has 1 unspecified atom stereocenters. The van der Waals surface area contributed by atoms with Gasteiger partial charge in [0.05, 0.1) is 7.11 Å². The summed E-state index contributed by atoms with van der Waals surface area (Å²) in [7, 11) is 5.96. The number of para-hydroxylation sites is 1. The summed E-state index contributed by atoms with van der Waals surface area (Å²) in [4.78, 5) is 2.43. The minimum absolute atomic E-state index is 0.533. The number of unbranched alkanes of at least 4 members (excludes halogenated alkanes) is 1. The quantitative estimate of drug-likeness (QED) is 0.694. The molecule has 0 saturated heterocycles. The fraction of sp³-hybridized carbons (Fsp3) is 0.625. The Morgan fingerprint density at radius 2 is 2.00 bits per heavy atom. The lowest BCUT2D eigenvalue weighted by Gasteiger charge is -2.25. The minimum atomic E-state index is 0.533. The Kier molecular flexibility index (Phi) is 7.53. The van der Waals surface area contributed by atoms with Crippen molar-refractivity contribution in [1.29, 1.82) is 0 Å². The molecule has 3 heteroatoms. The Hall–Kier alpha value is -1.06. The Morgan fingerprint density at radius 1 is 1.26 bits per heavy atom. The molecule has 1 atom stereocenters. The molecule has 0 aliphatic carbocycles. The first kappa shape index (κ1) is 16.0. The highest BCUT2D eigenvalue weighted by Gasteiger charge is 2.12. The van der Waals surface area contributed by atoms with E-state index >= 15 is 0 Å². The van der Waals surface area contributed by atoms with Crippen LogP contribution in [0.3, 0.4) is 0 Å². The highest BCUT2D eigenvalue weighted by Crippen LogP contribution is 2.20. The molecule has 0 fully saturated rings. The van der Waals surface area contributed by atoms with Crippen LogP contribution in [0.15, 0.2) is 24.3 Å². The van der Waals surface area contributed by atoms with Crippen molar-refractivity contribution in [2.24, 2.45) is 0 Å². The van der Waals surface area contributed by atoms with Gasteiger partial charge in [-0.15, -0.1) is 0 Å². The molecule has 0 saturated carbocycles. The number of hydrogen-bond acceptors (Lipinski definition) is 3. The Morgan fingerprint density at radius 3 is 2.68 bits per heavy atom. The molecule has 0 radical (unpaired) electrons. The first-order valence-corrected chi connectivity index (χ1v) is 7.15. The van der Waals surface area contributed by atoms with Gasteiger partial charge < -0.3 is 15.0 Å². The molecule has 1 rings (SSSR count). The van der Waals surface area contributed by atoms with E-state index in [0.29, 0.717) is 6.04 Å². The third-order valence-corrected chi connectivity index (χ3v) is 3.65. The predicted octanol–water partition coefficient (Wildman–Crippen LogP) is 2.56. The standard InChI is InChI=1S/C16H28N2O/c1-14(18(3)12-8-7-11-17-2)13-15-9-5-6-10-16(15)19-4/h5-6,9-10,14,17H,7-8,11-13H2,1-4H3. The molecular formula is C16H28N2O. The molecule has 19 heavy (non-hydrogen) atoms. The zero-order chi connectivity index (χ0) is 14.1. The van der Waals surface area contributed by atoms with E-state index in [2.05, 4.69) is 36.3 Å². The van der Waals surface area contributed by atoms with Gasteiger partial charge in [0.25, 0.3) is 0 Å². The van der Waals surface area contributed by atoms with E-state index in [1.807, 2.05) is 19.2 Å². The Labute approximate surface area is 118 Å². The average molecular weight is 264 g/mol. The highest BCUT2D eigenvalue weighted by atomic mass is 16.5. The molecule has 1 aromatic carbocycles. The fourth-order valence-corrected chi connectivity index (χ4v) is 2.23. The van der Waals surface area contributed by atoms with Crippen LogP contribution in [0.1, 0.15) is 25.3 Å². The molecule has 1 N–H and O–H groups in total. The number of likely N-dealkylation sites (N-methyl/N-ethyl adjacent to an activating group) is 1. The third kappa shape index (κ3) is 5.62. The van der Waals surface area contributed by atoms with E-state index in [-0.39, 0.29) is 0 Å². The fourth-order valence-electron chi connectivity index (χ4n) is 2.23. The van der Waals surface area contributed by atoms with E-state index in [0.717, 1.165) is 25.3 Å². The van der Waals surface area contributed by atoms with Crippen molar-refractivity contribution in [3.05, 3.63) is 29.8 Å². The van der Waals surface area contributed by atoms with Crippen molar-refractivity contribution in [1.82, 2.24) is 10.2 Å². The summed E-state index contributed by atoms with van der Waals surface area (Å²) < 4.78 is 5.41. The van der Waals surface area contributed by atoms with Gasteiger partial charge in [-0.05, 0) is 65.0 Å². The van der Waals surface area contributed by atoms with Crippen molar-refractivity contribution in [3.63, 3.8) is 0 Å². The minimum Gasteiger partial charge on any atom is -0.496 e. The number of methoxy groups -OCH3 is 1. The molecule has 0 amide bonds. The lowest BCUT2D eigenvalue weighted by atomic mass is 10.0. The van der Waals surface area contributed by atoms with Gasteiger partial charge in [-0.1, -0.05) is 18.2 Å². The van der Waals surface area contributed by atoms with Gasteiger partial charge in [-0.3, -0.25) is 0 Å². The summed E-state index contributed by atoms with van der Waals surface area (Å²) >= 11 is 0. The molecule has 0 spiro atoms. The summed E-state index contributed by atoms with van der Waals surface area (Å²) in [6.45, 7) is 4.54. The van der Waals surface area contributed by atoms with Crippen LogP contribution in [0.25, 0.3) is 0 Å². The molecular weight excluding hydrogens is 236 g/mol. The monoisotopic (exact) mass is 264 g/mol. The second kappa shape index (κ2) is 8.94. The van der Waals surface area contributed by atoms with Crippen LogP contribution in [0.2, 0.25) is 0 Å². The molecule has 0 aliphatic heterocycles. The Bertz CT molecular complexity index is 354. The van der Waals surface area contributed by atoms with Crippen LogP contribution in [0, 0.1) is 0 Å². The topological polar surface area (TPSA) is 24.5 Å². The van der Waals surface area contributed by atoms with Crippen LogP contribution in [-0.2, 0) is 6.42 Å². The molecule has 0 aliphatic rings. The molecule has 3 nitrogen and oxygen atoms in total. The SMILES string of the molecule is CNCCCCN(C)C(C)Cc1ccccc1OC. The highest BCUT2D eigenvalue weighted by molar-refractivity contribution is 5.33. The molecule has 108 valence electrons. The van der Waals surface area contributed by atoms with Crippen LogP contribution < -0.4 is 10.1 Å². The largest absolute Gasteiger partial charge is 0.496 e. The first-order chi connectivity index (χ1) is 9.19. The summed E-state index contributed by atoms with van der Waals surface area (Å²) in [6.07, 6.45) is 3.52. The Balaban J connectivity index is 2.42. The molecule has 1 aromatic rings. The number of benzene rings is 1. The van der Waals surface area contributed by atoms with Gasteiger partial charge in [0.2, 0.25) is 0 Å². The first-order valence-electron chi connectivity index (χ1n) is 7.15. The van der Waals surface area contributed by atoms with Gasteiger partial charge >= 0.3 is 0 Å². The maximum Gasteiger partial charge on any atom is 0.122 e. The van der Waals surface area contributed by atoms with Crippen molar-refractivity contribution >= 4 is 0 Å². The molecule has 0 aromatic heterocycles. The normalized spacial score (nSPS) is 12.7. The summed E-state index contributed by atoms with van der Waals surface area (Å²) in [5, 5.41) is 3.19. The smallest absolute Gasteiger partial charge is 0.122 e. The number of ether oxygens (including phenoxy) is 1. The third-order valence-electron chi connectivity index (χ3n) is 3.65. The van der Waals surface area contributed by atoms with Gasteiger partial charge in [0.15, 0.2) is 0 Å². The number of rotatable bonds is 9. The zero-order valence-corrected chi connectivity index (χ0v) is 12.8. The van der Waals surface area contributed by atoms with Crippen molar-refractivity contribution in [2.75, 3.05) is 34.3 Å². The van der Waals surface area contributed by atoms with Crippen LogP contribution >= 0.6 is 0 Å². The van der Waals surface area contributed by atoms with E-state index < -0.39 is 0 Å². The van der Waals surface area contributed by atoms with E-state index in [1.54, 1.807) is 7.11 Å². The van der Waals surface area contributed by atoms with E-state index in [1.165, 1.54) is 18.4 Å². The number of hydrogen-bond donors (Lipinski definition) is 1. The maximum atomic E-state index is 5.41. The van der Waals surface area contributed by atoms with Crippen molar-refractivity contribution in [3.8, 4) is 5.75 Å².